The number of amides is 2. The fraction of sp³-hybridized carbons (Fsp3) is 0.400. The summed E-state index contributed by atoms with van der Waals surface area (Å²) in [6, 6.07) is 12.5. The molecule has 0 unspecified atom stereocenters. The average Bonchev–Trinajstić information content (AvgIpc) is 3.30. The van der Waals surface area contributed by atoms with Crippen molar-refractivity contribution in [3.63, 3.8) is 0 Å². The van der Waals surface area contributed by atoms with Crippen molar-refractivity contribution in [1.82, 2.24) is 10.6 Å². The molecule has 3 rings (SSSR count). The molecule has 2 N–H and O–H groups in total. The number of rotatable bonds is 6. The maximum absolute atomic E-state index is 12.2. The Kier molecular flexibility index (Phi) is 5.93. The van der Waals surface area contributed by atoms with Crippen molar-refractivity contribution >= 4 is 28.8 Å². The predicted octanol–water partition coefficient (Wildman–Crippen LogP) is 2.74. The Hall–Kier alpha value is -2.34. The van der Waals surface area contributed by atoms with E-state index in [1.54, 1.807) is 11.3 Å². The van der Waals surface area contributed by atoms with Crippen molar-refractivity contribution in [2.24, 2.45) is 5.92 Å². The Labute approximate surface area is 158 Å². The first kappa shape index (κ1) is 18.5. The second kappa shape index (κ2) is 8.36. The fourth-order valence-electron chi connectivity index (χ4n) is 3.18. The highest BCUT2D eigenvalue weighted by molar-refractivity contribution is 7.10. The van der Waals surface area contributed by atoms with Crippen LogP contribution < -0.4 is 15.5 Å². The van der Waals surface area contributed by atoms with E-state index in [1.807, 2.05) is 31.4 Å². The Bertz CT molecular complexity index is 758. The van der Waals surface area contributed by atoms with Gasteiger partial charge in [0.15, 0.2) is 0 Å². The Morgan fingerprint density at radius 3 is 2.50 bits per heavy atom. The van der Waals surface area contributed by atoms with E-state index >= 15 is 0 Å². The topological polar surface area (TPSA) is 61.4 Å². The van der Waals surface area contributed by atoms with Crippen molar-refractivity contribution in [2.75, 3.05) is 24.5 Å². The third kappa shape index (κ3) is 4.25. The average molecular weight is 372 g/mol. The van der Waals surface area contributed by atoms with Crippen molar-refractivity contribution in [3.8, 4) is 0 Å². The van der Waals surface area contributed by atoms with Crippen molar-refractivity contribution in [3.05, 3.63) is 52.2 Å². The summed E-state index contributed by atoms with van der Waals surface area (Å²) in [4.78, 5) is 27.6. The molecule has 0 saturated carbocycles. The van der Waals surface area contributed by atoms with E-state index in [1.165, 1.54) is 16.1 Å². The number of carbonyl (C=O) groups excluding carboxylic acids is 2. The summed E-state index contributed by atoms with van der Waals surface area (Å²) in [5.41, 5.74) is 2.54. The quantitative estimate of drug-likeness (QED) is 0.768. The summed E-state index contributed by atoms with van der Waals surface area (Å²) in [5.74, 6) is -0.822. The lowest BCUT2D eigenvalue weighted by molar-refractivity contribution is -0.139. The molecule has 0 bridgehead atoms. The van der Waals surface area contributed by atoms with Crippen LogP contribution >= 0.6 is 11.3 Å². The molecule has 1 aromatic heterocycles. The summed E-state index contributed by atoms with van der Waals surface area (Å²) in [7, 11) is 0. The minimum atomic E-state index is -0.570. The molecule has 1 aliphatic heterocycles. The van der Waals surface area contributed by atoms with Gasteiger partial charge in [-0.2, -0.15) is 0 Å². The third-order valence-corrected chi connectivity index (χ3v) is 5.48. The molecule has 138 valence electrons. The van der Waals surface area contributed by atoms with Crippen LogP contribution in [0, 0.1) is 5.92 Å². The lowest BCUT2D eigenvalue weighted by atomic mass is 10.1. The molecule has 0 radical (unpaired) electrons. The lowest BCUT2D eigenvalue weighted by Gasteiger charge is -2.30. The van der Waals surface area contributed by atoms with Crippen LogP contribution in [0.2, 0.25) is 0 Å². The van der Waals surface area contributed by atoms with Crippen LogP contribution in [0.1, 0.15) is 30.3 Å². The van der Waals surface area contributed by atoms with Crippen LogP contribution in [-0.2, 0) is 16.0 Å². The summed E-state index contributed by atoms with van der Waals surface area (Å²) in [6.07, 6.45) is 1.00. The standard InChI is InChI=1S/C20H25N3O2S/c1-14(2)12-21-19(24)20(25)22-13-17(18-8-5-11-26-18)23-10-9-15-6-3-4-7-16(15)23/h3-8,11,14,17H,9-10,12-13H2,1-2H3,(H,21,24)(H,22,25)/t17-/m1/s1. The number of nitrogens with zero attached hydrogens (tertiary/aromatic N) is 1. The van der Waals surface area contributed by atoms with Gasteiger partial charge in [-0.15, -0.1) is 11.3 Å². The van der Waals surface area contributed by atoms with Crippen LogP contribution in [-0.4, -0.2) is 31.4 Å². The Morgan fingerprint density at radius 1 is 1.08 bits per heavy atom. The summed E-state index contributed by atoms with van der Waals surface area (Å²) < 4.78 is 0. The first-order chi connectivity index (χ1) is 12.6. The normalized spacial score (nSPS) is 14.2. The van der Waals surface area contributed by atoms with Gasteiger partial charge in [-0.1, -0.05) is 38.1 Å². The van der Waals surface area contributed by atoms with Gasteiger partial charge in [-0.05, 0) is 35.4 Å². The molecule has 0 saturated heterocycles. The van der Waals surface area contributed by atoms with Crippen LogP contribution in [0.3, 0.4) is 0 Å². The van der Waals surface area contributed by atoms with Crippen LogP contribution in [0.15, 0.2) is 41.8 Å². The van der Waals surface area contributed by atoms with Gasteiger partial charge in [0, 0.05) is 30.2 Å². The predicted molar refractivity (Wildman–Crippen MR) is 105 cm³/mol. The van der Waals surface area contributed by atoms with E-state index < -0.39 is 11.8 Å². The Balaban J connectivity index is 1.69. The molecule has 1 aromatic carbocycles. The van der Waals surface area contributed by atoms with Crippen LogP contribution in [0.4, 0.5) is 5.69 Å². The number of benzene rings is 1. The van der Waals surface area contributed by atoms with Crippen LogP contribution in [0.25, 0.3) is 0 Å². The van der Waals surface area contributed by atoms with Gasteiger partial charge >= 0.3 is 11.8 Å². The first-order valence-corrected chi connectivity index (χ1v) is 9.88. The zero-order valence-electron chi connectivity index (χ0n) is 15.2. The van der Waals surface area contributed by atoms with Gasteiger partial charge < -0.3 is 15.5 Å². The number of fused-ring (bicyclic) bond motifs is 1. The number of anilines is 1. The molecule has 0 spiro atoms. The van der Waals surface area contributed by atoms with E-state index in [9.17, 15) is 9.59 Å². The van der Waals surface area contributed by atoms with E-state index in [-0.39, 0.29) is 6.04 Å². The molecular weight excluding hydrogens is 346 g/mol. The molecule has 6 heteroatoms. The fourth-order valence-corrected chi connectivity index (χ4v) is 4.02. The second-order valence-corrected chi connectivity index (χ2v) is 7.90. The number of nitrogens with one attached hydrogen (secondary N) is 2. The van der Waals surface area contributed by atoms with Gasteiger partial charge in [-0.25, -0.2) is 0 Å². The number of para-hydroxylation sites is 1. The lowest BCUT2D eigenvalue weighted by Crippen LogP contribution is -2.44. The largest absolute Gasteiger partial charge is 0.361 e. The third-order valence-electron chi connectivity index (χ3n) is 4.50. The summed E-state index contributed by atoms with van der Waals surface area (Å²) in [5, 5.41) is 7.52. The van der Waals surface area contributed by atoms with Crippen LogP contribution in [0.5, 0.6) is 0 Å². The number of carbonyl (C=O) groups is 2. The molecule has 1 atom stereocenters. The van der Waals surface area contributed by atoms with E-state index in [2.05, 4.69) is 39.8 Å². The molecule has 2 amide bonds. The number of hydrogen-bond acceptors (Lipinski definition) is 4. The highest BCUT2D eigenvalue weighted by Crippen LogP contribution is 2.36. The maximum Gasteiger partial charge on any atom is 0.309 e. The SMILES string of the molecule is CC(C)CNC(=O)C(=O)NC[C@H](c1cccs1)N1CCc2ccccc21. The number of thiophene rings is 1. The molecular formula is C20H25N3O2S. The summed E-state index contributed by atoms with van der Waals surface area (Å²) >= 11 is 1.67. The zero-order chi connectivity index (χ0) is 18.5. The monoisotopic (exact) mass is 371 g/mol. The first-order valence-electron chi connectivity index (χ1n) is 9.00. The van der Waals surface area contributed by atoms with E-state index in [0.29, 0.717) is 19.0 Å². The maximum atomic E-state index is 12.2. The zero-order valence-corrected chi connectivity index (χ0v) is 16.0. The van der Waals surface area contributed by atoms with Gasteiger partial charge in [0.25, 0.3) is 0 Å². The molecule has 2 aromatic rings. The smallest absolute Gasteiger partial charge is 0.309 e. The van der Waals surface area contributed by atoms with Crippen molar-refractivity contribution in [2.45, 2.75) is 26.3 Å². The van der Waals surface area contributed by atoms with Gasteiger partial charge in [-0.3, -0.25) is 9.59 Å². The molecule has 0 fully saturated rings. The van der Waals surface area contributed by atoms with Crippen molar-refractivity contribution < 1.29 is 9.59 Å². The second-order valence-electron chi connectivity index (χ2n) is 6.92. The number of hydrogen-bond donors (Lipinski definition) is 2. The van der Waals surface area contributed by atoms with Gasteiger partial charge in [0.2, 0.25) is 0 Å². The van der Waals surface area contributed by atoms with Gasteiger partial charge in [0.1, 0.15) is 0 Å². The molecule has 26 heavy (non-hydrogen) atoms. The highest BCUT2D eigenvalue weighted by Gasteiger charge is 2.28. The molecule has 1 aliphatic rings. The van der Waals surface area contributed by atoms with Crippen molar-refractivity contribution in [1.29, 1.82) is 0 Å². The minimum absolute atomic E-state index is 0.0282. The van der Waals surface area contributed by atoms with E-state index in [0.717, 1.165) is 13.0 Å². The summed E-state index contributed by atoms with van der Waals surface area (Å²) in [6.45, 7) is 5.81. The van der Waals surface area contributed by atoms with Gasteiger partial charge in [0.05, 0.1) is 6.04 Å². The van der Waals surface area contributed by atoms with E-state index in [4.69, 9.17) is 0 Å². The molecule has 5 nitrogen and oxygen atoms in total. The minimum Gasteiger partial charge on any atom is -0.361 e. The highest BCUT2D eigenvalue weighted by atomic mass is 32.1. The molecule has 2 heterocycles. The molecule has 0 aliphatic carbocycles. The Morgan fingerprint density at radius 2 is 1.81 bits per heavy atom.